The van der Waals surface area contributed by atoms with Gasteiger partial charge in [-0.25, -0.2) is 0 Å². The largest absolute Gasteiger partial charge is 0.493 e. The maximum Gasteiger partial charge on any atom is 0.260 e. The second-order valence-electron chi connectivity index (χ2n) is 8.36. The highest BCUT2D eigenvalue weighted by Gasteiger charge is 2.23. The second kappa shape index (κ2) is 10.7. The molecule has 1 aromatic heterocycles. The van der Waals surface area contributed by atoms with Crippen LogP contribution in [-0.2, 0) is 4.79 Å². The summed E-state index contributed by atoms with van der Waals surface area (Å²) in [6, 6.07) is 12.8. The van der Waals surface area contributed by atoms with E-state index in [0.29, 0.717) is 66.4 Å². The standard InChI is InChI=1S/C26H28N4O7/c1-32-22-12-17(13-23(33-2)26(22)34-3)19-5-7-24(28-27-19)29-8-10-30(11-9-29)25(31)15-35-18-4-6-20-21(14-18)37-16-36-20/h4-7,12-14H,8-11,15-16H2,1-3H3. The lowest BCUT2D eigenvalue weighted by molar-refractivity contribution is -0.133. The molecule has 194 valence electrons. The van der Waals surface area contributed by atoms with Crippen LogP contribution in [0.2, 0.25) is 0 Å². The summed E-state index contributed by atoms with van der Waals surface area (Å²) in [5, 5.41) is 8.83. The van der Waals surface area contributed by atoms with Crippen LogP contribution in [0, 0.1) is 0 Å². The van der Waals surface area contributed by atoms with Crippen LogP contribution >= 0.6 is 0 Å². The van der Waals surface area contributed by atoms with Crippen molar-refractivity contribution in [3.8, 4) is 45.8 Å². The minimum atomic E-state index is -0.0684. The fourth-order valence-corrected chi connectivity index (χ4v) is 4.26. The lowest BCUT2D eigenvalue weighted by Crippen LogP contribution is -2.50. The number of carbonyl (C=O) groups excluding carboxylic acids is 1. The fraction of sp³-hybridized carbons (Fsp3) is 0.346. The second-order valence-corrected chi connectivity index (χ2v) is 8.36. The van der Waals surface area contributed by atoms with E-state index in [-0.39, 0.29) is 19.3 Å². The number of nitrogens with zero attached hydrogens (tertiary/aromatic N) is 4. The van der Waals surface area contributed by atoms with Gasteiger partial charge < -0.3 is 38.2 Å². The smallest absolute Gasteiger partial charge is 0.260 e. The normalized spacial score (nSPS) is 14.4. The molecule has 11 nitrogen and oxygen atoms in total. The van der Waals surface area contributed by atoms with Gasteiger partial charge in [0, 0.05) is 37.8 Å². The average molecular weight is 509 g/mol. The lowest BCUT2D eigenvalue weighted by atomic mass is 10.1. The van der Waals surface area contributed by atoms with Crippen molar-refractivity contribution in [2.45, 2.75) is 0 Å². The quantitative estimate of drug-likeness (QED) is 0.451. The van der Waals surface area contributed by atoms with Crippen LogP contribution in [0.15, 0.2) is 42.5 Å². The van der Waals surface area contributed by atoms with Crippen LogP contribution in [0.4, 0.5) is 5.82 Å². The zero-order chi connectivity index (χ0) is 25.8. The van der Waals surface area contributed by atoms with Crippen LogP contribution in [0.25, 0.3) is 11.3 Å². The van der Waals surface area contributed by atoms with Gasteiger partial charge in [-0.1, -0.05) is 0 Å². The molecule has 2 aromatic carbocycles. The number of amides is 1. The molecule has 1 fully saturated rings. The molecule has 37 heavy (non-hydrogen) atoms. The van der Waals surface area contributed by atoms with Crippen molar-refractivity contribution in [2.24, 2.45) is 0 Å². The molecule has 2 aliphatic rings. The Morgan fingerprint density at radius 1 is 0.865 bits per heavy atom. The molecule has 0 saturated carbocycles. The highest BCUT2D eigenvalue weighted by atomic mass is 16.7. The number of benzene rings is 2. The number of ether oxygens (including phenoxy) is 6. The van der Waals surface area contributed by atoms with Crippen LogP contribution in [0.3, 0.4) is 0 Å². The number of rotatable bonds is 8. The van der Waals surface area contributed by atoms with Gasteiger partial charge in [0.05, 0.1) is 27.0 Å². The van der Waals surface area contributed by atoms with Gasteiger partial charge in [0.1, 0.15) is 5.75 Å². The van der Waals surface area contributed by atoms with Crippen LogP contribution < -0.4 is 33.3 Å². The molecular weight excluding hydrogens is 480 g/mol. The van der Waals surface area contributed by atoms with E-state index < -0.39 is 0 Å². The number of piperazine rings is 1. The summed E-state index contributed by atoms with van der Waals surface area (Å²) in [6.45, 7) is 2.59. The van der Waals surface area contributed by atoms with E-state index in [4.69, 9.17) is 28.4 Å². The van der Waals surface area contributed by atoms with E-state index >= 15 is 0 Å². The van der Waals surface area contributed by atoms with Gasteiger partial charge in [0.2, 0.25) is 12.5 Å². The maximum absolute atomic E-state index is 12.7. The Morgan fingerprint density at radius 2 is 1.59 bits per heavy atom. The van der Waals surface area contributed by atoms with E-state index in [2.05, 4.69) is 15.1 Å². The SMILES string of the molecule is COc1cc(-c2ccc(N3CCN(C(=O)COc4ccc5c(c4)OCO5)CC3)nn2)cc(OC)c1OC. The fourth-order valence-electron chi connectivity index (χ4n) is 4.26. The summed E-state index contributed by atoms with van der Waals surface area (Å²) in [5.74, 6) is 4.16. The Labute approximate surface area is 214 Å². The Morgan fingerprint density at radius 3 is 2.24 bits per heavy atom. The maximum atomic E-state index is 12.7. The number of fused-ring (bicyclic) bond motifs is 1. The predicted molar refractivity (Wildman–Crippen MR) is 134 cm³/mol. The summed E-state index contributed by atoms with van der Waals surface area (Å²) in [6.07, 6.45) is 0. The summed E-state index contributed by atoms with van der Waals surface area (Å²) >= 11 is 0. The first kappa shape index (κ1) is 24.3. The van der Waals surface area contributed by atoms with Gasteiger partial charge in [0.15, 0.2) is 35.4 Å². The molecular formula is C26H28N4O7. The molecule has 2 aliphatic heterocycles. The monoisotopic (exact) mass is 508 g/mol. The molecule has 11 heteroatoms. The Bertz CT molecular complexity index is 1240. The van der Waals surface area contributed by atoms with Gasteiger partial charge in [-0.05, 0) is 36.4 Å². The molecule has 0 N–H and O–H groups in total. The molecule has 0 aliphatic carbocycles. The Hall–Kier alpha value is -4.41. The summed E-state index contributed by atoms with van der Waals surface area (Å²) in [5.41, 5.74) is 1.48. The van der Waals surface area contributed by atoms with Crippen molar-refractivity contribution >= 4 is 11.7 Å². The number of hydrogen-bond acceptors (Lipinski definition) is 10. The van der Waals surface area contributed by atoms with Crippen LogP contribution in [0.1, 0.15) is 0 Å². The number of aromatic nitrogens is 2. The zero-order valence-electron chi connectivity index (χ0n) is 20.9. The third-order valence-electron chi connectivity index (χ3n) is 6.27. The molecule has 5 rings (SSSR count). The van der Waals surface area contributed by atoms with E-state index in [9.17, 15) is 4.79 Å². The summed E-state index contributed by atoms with van der Waals surface area (Å²) in [7, 11) is 4.71. The van der Waals surface area contributed by atoms with E-state index in [1.165, 1.54) is 0 Å². The first-order valence-electron chi connectivity index (χ1n) is 11.8. The highest BCUT2D eigenvalue weighted by molar-refractivity contribution is 5.78. The molecule has 1 saturated heterocycles. The molecule has 0 unspecified atom stereocenters. The Balaban J connectivity index is 1.17. The number of hydrogen-bond donors (Lipinski definition) is 0. The topological polar surface area (TPSA) is 105 Å². The van der Waals surface area contributed by atoms with Gasteiger partial charge in [0.25, 0.3) is 5.91 Å². The van der Waals surface area contributed by atoms with Crippen molar-refractivity contribution in [3.05, 3.63) is 42.5 Å². The van der Waals surface area contributed by atoms with Crippen LogP contribution in [0.5, 0.6) is 34.5 Å². The van der Waals surface area contributed by atoms with Crippen molar-refractivity contribution in [2.75, 3.05) is 65.8 Å². The molecule has 0 atom stereocenters. The summed E-state index contributed by atoms with van der Waals surface area (Å²) < 4.78 is 32.6. The van der Waals surface area contributed by atoms with Crippen molar-refractivity contribution < 1.29 is 33.2 Å². The molecule has 3 heterocycles. The molecule has 1 amide bonds. The van der Waals surface area contributed by atoms with Crippen molar-refractivity contribution in [1.29, 1.82) is 0 Å². The minimum Gasteiger partial charge on any atom is -0.493 e. The van der Waals surface area contributed by atoms with E-state index in [1.807, 2.05) is 24.3 Å². The van der Waals surface area contributed by atoms with E-state index in [0.717, 1.165) is 11.4 Å². The van der Waals surface area contributed by atoms with Gasteiger partial charge in [-0.3, -0.25) is 4.79 Å². The first-order valence-corrected chi connectivity index (χ1v) is 11.8. The third-order valence-corrected chi connectivity index (χ3v) is 6.27. The molecule has 0 spiro atoms. The number of methoxy groups -OCH3 is 3. The van der Waals surface area contributed by atoms with Crippen LogP contribution in [-0.4, -0.2) is 81.9 Å². The van der Waals surface area contributed by atoms with E-state index in [1.54, 1.807) is 44.4 Å². The summed E-state index contributed by atoms with van der Waals surface area (Å²) in [4.78, 5) is 16.6. The third kappa shape index (κ3) is 5.11. The first-order chi connectivity index (χ1) is 18.1. The highest BCUT2D eigenvalue weighted by Crippen LogP contribution is 2.41. The lowest BCUT2D eigenvalue weighted by Gasteiger charge is -2.35. The minimum absolute atomic E-state index is 0.0388. The molecule has 3 aromatic rings. The zero-order valence-corrected chi connectivity index (χ0v) is 20.9. The van der Waals surface area contributed by atoms with Crippen molar-refractivity contribution in [3.63, 3.8) is 0 Å². The van der Waals surface area contributed by atoms with Gasteiger partial charge >= 0.3 is 0 Å². The number of carbonyl (C=O) groups is 1. The van der Waals surface area contributed by atoms with Gasteiger partial charge in [-0.15, -0.1) is 10.2 Å². The van der Waals surface area contributed by atoms with Crippen molar-refractivity contribution in [1.82, 2.24) is 15.1 Å². The molecule has 0 radical (unpaired) electrons. The van der Waals surface area contributed by atoms with Gasteiger partial charge in [-0.2, -0.15) is 0 Å². The Kier molecular flexibility index (Phi) is 7.02. The molecule has 0 bridgehead atoms. The average Bonchev–Trinajstić information content (AvgIpc) is 3.43. The number of anilines is 1. The predicted octanol–water partition coefficient (Wildman–Crippen LogP) is 2.63.